The molecule has 1 saturated heterocycles. The molecule has 2 unspecified atom stereocenters. The van der Waals surface area contributed by atoms with E-state index in [-0.39, 0.29) is 41.5 Å². The number of ether oxygens (including phenoxy) is 3. The third-order valence-corrected chi connectivity index (χ3v) is 17.8. The van der Waals surface area contributed by atoms with Gasteiger partial charge < -0.3 is 28.6 Å². The van der Waals surface area contributed by atoms with Crippen LogP contribution in [0.5, 0.6) is 17.2 Å². The first-order valence-electron chi connectivity index (χ1n) is 27.3. The minimum absolute atomic E-state index is 0.0196. The summed E-state index contributed by atoms with van der Waals surface area (Å²) in [6, 6.07) is 33.5. The van der Waals surface area contributed by atoms with E-state index in [1.807, 2.05) is 139 Å². The number of rotatable bonds is 17. The van der Waals surface area contributed by atoms with E-state index >= 15 is 0 Å². The van der Waals surface area contributed by atoms with Gasteiger partial charge >= 0.3 is 0 Å². The minimum Gasteiger partial charge on any atom is -0.491 e. The molecule has 3 aromatic heterocycles. The molecule has 17 heteroatoms. The van der Waals surface area contributed by atoms with Crippen LogP contribution in [0.15, 0.2) is 109 Å². The first-order chi connectivity index (χ1) is 38.0. The van der Waals surface area contributed by atoms with Gasteiger partial charge in [-0.3, -0.25) is 23.8 Å². The van der Waals surface area contributed by atoms with E-state index in [4.69, 9.17) is 29.2 Å². The highest BCUT2D eigenvalue weighted by molar-refractivity contribution is 7.70. The van der Waals surface area contributed by atoms with Gasteiger partial charge in [0.1, 0.15) is 40.7 Å². The fourth-order valence-corrected chi connectivity index (χ4v) is 11.6. The van der Waals surface area contributed by atoms with Crippen molar-refractivity contribution in [3.05, 3.63) is 160 Å². The molecule has 0 radical (unpaired) electrons. The van der Waals surface area contributed by atoms with Crippen molar-refractivity contribution in [3.8, 4) is 52.8 Å². The Bertz CT molecular complexity index is 3280. The first-order valence-corrected chi connectivity index (χ1v) is 33.6. The van der Waals surface area contributed by atoms with E-state index in [9.17, 15) is 23.5 Å². The van der Waals surface area contributed by atoms with Gasteiger partial charge in [0.2, 0.25) is 14.7 Å². The van der Waals surface area contributed by atoms with Crippen LogP contribution in [-0.4, -0.2) is 123 Å². The summed E-state index contributed by atoms with van der Waals surface area (Å²) >= 11 is 0. The van der Waals surface area contributed by atoms with Gasteiger partial charge in [-0.05, 0) is 164 Å². The van der Waals surface area contributed by atoms with Crippen LogP contribution in [0.25, 0.3) is 0 Å². The molecular formula is C63H75N6O8P3. The van der Waals surface area contributed by atoms with E-state index in [2.05, 4.69) is 50.2 Å². The lowest BCUT2D eigenvalue weighted by atomic mass is 10.1. The van der Waals surface area contributed by atoms with Crippen molar-refractivity contribution in [2.75, 3.05) is 64.9 Å². The Kier molecular flexibility index (Phi) is 21.4. The zero-order chi connectivity index (χ0) is 57.6. The Hall–Kier alpha value is -6.32. The van der Waals surface area contributed by atoms with Crippen molar-refractivity contribution < 1.29 is 37.7 Å². The van der Waals surface area contributed by atoms with Crippen LogP contribution < -0.4 is 30.5 Å². The van der Waals surface area contributed by atoms with Gasteiger partial charge in [-0.25, -0.2) is 15.0 Å². The fraction of sp³-hybridized carbons (Fsp3) is 0.381. The van der Waals surface area contributed by atoms with E-state index in [0.29, 0.717) is 92.4 Å². The monoisotopic (exact) mass is 1140 g/mol. The van der Waals surface area contributed by atoms with Crippen LogP contribution in [0, 0.1) is 35.5 Å². The van der Waals surface area contributed by atoms with Crippen molar-refractivity contribution in [1.29, 1.82) is 0 Å². The number of hydrogen-bond acceptors (Lipinski definition) is 12. The molecule has 0 bridgehead atoms. The second-order valence-electron chi connectivity index (χ2n) is 21.1. The predicted octanol–water partition coefficient (Wildman–Crippen LogP) is 9.33. The topological polar surface area (TPSA) is 168 Å². The predicted molar refractivity (Wildman–Crippen MR) is 322 cm³/mol. The Morgan fingerprint density at radius 1 is 0.450 bits per heavy atom. The lowest BCUT2D eigenvalue weighted by Crippen LogP contribution is -2.36. The van der Waals surface area contributed by atoms with Crippen molar-refractivity contribution in [1.82, 2.24) is 29.7 Å². The number of aromatic nitrogens is 3. The molecule has 1 fully saturated rings. The maximum Gasteiger partial charge on any atom is 0.247 e. The summed E-state index contributed by atoms with van der Waals surface area (Å²) in [5.74, 6) is 21.6. The Balaban J connectivity index is 1.21. The molecule has 14 nitrogen and oxygen atoms in total. The van der Waals surface area contributed by atoms with Gasteiger partial charge in [-0.1, -0.05) is 49.4 Å². The fourth-order valence-electron chi connectivity index (χ4n) is 8.66. The van der Waals surface area contributed by atoms with Gasteiger partial charge in [0.05, 0.1) is 41.0 Å². The average Bonchev–Trinajstić information content (AvgIpc) is 3.50. The van der Waals surface area contributed by atoms with Crippen molar-refractivity contribution in [3.63, 3.8) is 0 Å². The van der Waals surface area contributed by atoms with Crippen molar-refractivity contribution in [2.45, 2.75) is 93.3 Å². The minimum atomic E-state index is -3.80. The number of hydrogen-bond donors (Lipinski definition) is 2. The highest BCUT2D eigenvalue weighted by atomic mass is 31.2. The average molecular weight is 1140 g/mol. The van der Waals surface area contributed by atoms with Crippen molar-refractivity contribution in [2.24, 2.45) is 0 Å². The molecular weight excluding hydrogens is 1060 g/mol. The normalized spacial score (nSPS) is 15.2. The maximum atomic E-state index is 13.9. The molecule has 420 valence electrons. The zero-order valence-corrected chi connectivity index (χ0v) is 50.5. The molecule has 0 aliphatic carbocycles. The number of benzene rings is 3. The smallest absolute Gasteiger partial charge is 0.247 e. The lowest BCUT2D eigenvalue weighted by molar-refractivity contribution is 0.207. The largest absolute Gasteiger partial charge is 0.491 e. The third-order valence-electron chi connectivity index (χ3n) is 12.8. The molecule has 1 aliphatic heterocycles. The molecule has 2 N–H and O–H groups in total. The van der Waals surface area contributed by atoms with Crippen LogP contribution >= 0.6 is 21.9 Å². The quantitative estimate of drug-likeness (QED) is 0.0655. The summed E-state index contributed by atoms with van der Waals surface area (Å²) in [6.07, 6.45) is 0.163. The molecule has 3 aromatic carbocycles. The second kappa shape index (κ2) is 27.9. The molecule has 7 rings (SSSR count). The molecule has 2 atom stereocenters. The van der Waals surface area contributed by atoms with Crippen LogP contribution in [0.4, 0.5) is 0 Å². The van der Waals surface area contributed by atoms with Gasteiger partial charge in [-0.2, -0.15) is 0 Å². The maximum absolute atomic E-state index is 13.9. The summed E-state index contributed by atoms with van der Waals surface area (Å²) in [7, 11) is -10.5. The third kappa shape index (κ3) is 18.6. The van der Waals surface area contributed by atoms with Crippen LogP contribution in [0.3, 0.4) is 0 Å². The summed E-state index contributed by atoms with van der Waals surface area (Å²) in [5.41, 5.74) is 6.75. The highest BCUT2D eigenvalue weighted by Crippen LogP contribution is 2.39. The molecule has 80 heavy (non-hydrogen) atoms. The summed E-state index contributed by atoms with van der Waals surface area (Å²) in [4.78, 5) is 43.8. The van der Waals surface area contributed by atoms with E-state index in [1.54, 1.807) is 39.3 Å². The molecule has 0 spiro atoms. The van der Waals surface area contributed by atoms with Crippen molar-refractivity contribution >= 4 is 38.2 Å². The SMILES string of the molecule is CCP(=O)(O)c1cc(C#Cc2ccc(OC(C)C)cc2)cc(CN2CCN(Cc3cc(C#Cc4ccc(OC(C)C)cc4)cc(P(=O)(O)CC)n3)CCN(Cc3ccc(C#Cc4ccc(OC(C)C)cc4)c(P(C)(C)=O)n3)CC2)n1. The van der Waals surface area contributed by atoms with Gasteiger partial charge in [0.25, 0.3) is 0 Å². The first kappa shape index (κ1) is 61.3. The zero-order valence-electron chi connectivity index (χ0n) is 47.8. The standard InChI is InChI=1S/C63H75N6O8P3/c1-11-79(71,72)61-41-52(15-13-49-18-27-58(28-19-49)75-46(3)4)39-56(64-61)44-68-35-33-67(43-55-26-25-54(63(66-55)78(9,10)70)24-17-51-22-31-60(32-23-51)77-48(7)8)34-36-69(38-37-68)45-57-40-53(42-62(65-57)80(73,74)12-2)16-14-50-20-29-59(30-21-50)76-47(5)6/h18-23,25-32,39-42,46-48H,11-12,33-38,43-45H2,1-10H3,(H,71,72)(H,73,74). The number of pyridine rings is 3. The Morgan fingerprint density at radius 3 is 1.10 bits per heavy atom. The lowest BCUT2D eigenvalue weighted by Gasteiger charge is -2.26. The second-order valence-corrected chi connectivity index (χ2v) is 29.2. The van der Waals surface area contributed by atoms with Crippen LogP contribution in [0.1, 0.15) is 106 Å². The molecule has 6 aromatic rings. The summed E-state index contributed by atoms with van der Waals surface area (Å²) in [6.45, 7) is 23.4. The van der Waals surface area contributed by atoms with Crippen LogP contribution in [0.2, 0.25) is 0 Å². The summed E-state index contributed by atoms with van der Waals surface area (Å²) in [5, 5.41) is 0. The van der Waals surface area contributed by atoms with Gasteiger partial charge in [0.15, 0.2) is 0 Å². The van der Waals surface area contributed by atoms with E-state index in [0.717, 1.165) is 39.6 Å². The van der Waals surface area contributed by atoms with E-state index < -0.39 is 21.9 Å². The van der Waals surface area contributed by atoms with Gasteiger partial charge in [0, 0.05) is 99.0 Å². The van der Waals surface area contributed by atoms with Gasteiger partial charge in [-0.15, -0.1) is 0 Å². The number of nitrogens with zero attached hydrogens (tertiary/aromatic N) is 6. The molecule has 4 heterocycles. The Labute approximate surface area is 474 Å². The molecule has 1 aliphatic rings. The molecule has 0 saturated carbocycles. The van der Waals surface area contributed by atoms with Crippen LogP contribution in [-0.2, 0) is 33.3 Å². The Morgan fingerprint density at radius 2 is 0.775 bits per heavy atom. The molecule has 0 amide bonds. The summed E-state index contributed by atoms with van der Waals surface area (Å²) < 4.78 is 58.6. The van der Waals surface area contributed by atoms with E-state index in [1.165, 1.54) is 0 Å². The highest BCUT2D eigenvalue weighted by Gasteiger charge is 2.26.